The van der Waals surface area contributed by atoms with E-state index >= 15 is 0 Å². The van der Waals surface area contributed by atoms with Crippen LogP contribution >= 0.6 is 0 Å². The highest BCUT2D eigenvalue weighted by Crippen LogP contribution is 2.45. The molecular formula is C22H35N3O2Si. The second-order valence-electron chi connectivity index (χ2n) is 9.22. The fourth-order valence-electron chi connectivity index (χ4n) is 3.51. The highest BCUT2D eigenvalue weighted by Gasteiger charge is 2.40. The number of anilines is 1. The molecule has 0 saturated heterocycles. The Kier molecular flexibility index (Phi) is 6.03. The average molecular weight is 402 g/mol. The number of benzene rings is 1. The van der Waals surface area contributed by atoms with Crippen molar-refractivity contribution < 1.29 is 9.16 Å². The second-order valence-corrected chi connectivity index (χ2v) is 14.0. The van der Waals surface area contributed by atoms with Gasteiger partial charge in [-0.2, -0.15) is 4.98 Å². The van der Waals surface area contributed by atoms with E-state index in [1.807, 2.05) is 7.05 Å². The summed E-state index contributed by atoms with van der Waals surface area (Å²) in [6.07, 6.45) is 2.30. The maximum Gasteiger partial charge on any atom is 0.223 e. The quantitative estimate of drug-likeness (QED) is 0.511. The number of pyridine rings is 1. The number of rotatable bonds is 7. The molecule has 0 amide bonds. The molecule has 2 aromatic rings. The van der Waals surface area contributed by atoms with Gasteiger partial charge in [0, 0.05) is 18.5 Å². The molecule has 0 spiro atoms. The first kappa shape index (κ1) is 21.1. The third-order valence-corrected chi connectivity index (χ3v) is 10.7. The first-order valence-electron chi connectivity index (χ1n) is 10.2. The van der Waals surface area contributed by atoms with Crippen molar-refractivity contribution in [2.75, 3.05) is 32.6 Å². The van der Waals surface area contributed by atoms with Crippen LogP contribution in [0.4, 0.5) is 5.82 Å². The second kappa shape index (κ2) is 8.01. The van der Waals surface area contributed by atoms with Crippen molar-refractivity contribution in [2.45, 2.75) is 57.8 Å². The Bertz CT molecular complexity index is 846. The number of hydrogen-bond donors (Lipinski definition) is 2. The molecule has 1 aliphatic carbocycles. The Morgan fingerprint density at radius 2 is 1.93 bits per heavy atom. The molecule has 154 valence electrons. The van der Waals surface area contributed by atoms with Gasteiger partial charge in [-0.3, -0.25) is 0 Å². The van der Waals surface area contributed by atoms with Gasteiger partial charge in [0.2, 0.25) is 5.88 Å². The average Bonchev–Trinajstić information content (AvgIpc) is 3.00. The molecule has 0 aliphatic heterocycles. The summed E-state index contributed by atoms with van der Waals surface area (Å²) in [7, 11) is 1.82. The SMILES string of the molecule is CNCCNc1cc2cc3c(cc2c(OC)n1)CCC3O[Si](C)(C)C(C)(C)C. The van der Waals surface area contributed by atoms with E-state index in [2.05, 4.69) is 67.7 Å². The zero-order valence-corrected chi connectivity index (χ0v) is 19.4. The Labute approximate surface area is 170 Å². The molecular weight excluding hydrogens is 366 g/mol. The summed E-state index contributed by atoms with van der Waals surface area (Å²) in [6, 6.07) is 6.67. The van der Waals surface area contributed by atoms with Crippen LogP contribution in [-0.2, 0) is 10.8 Å². The summed E-state index contributed by atoms with van der Waals surface area (Å²) >= 11 is 0. The molecule has 1 atom stereocenters. The van der Waals surface area contributed by atoms with Gasteiger partial charge in [-0.25, -0.2) is 0 Å². The molecule has 5 nitrogen and oxygen atoms in total. The van der Waals surface area contributed by atoms with Crippen LogP contribution in [0.25, 0.3) is 10.8 Å². The first-order chi connectivity index (χ1) is 13.2. The number of aryl methyl sites for hydroxylation is 1. The maximum atomic E-state index is 6.77. The summed E-state index contributed by atoms with van der Waals surface area (Å²) in [5.41, 5.74) is 2.71. The Balaban J connectivity index is 1.96. The molecule has 0 saturated carbocycles. The molecule has 0 fully saturated rings. The smallest absolute Gasteiger partial charge is 0.223 e. The summed E-state index contributed by atoms with van der Waals surface area (Å²) in [5.74, 6) is 1.53. The molecule has 1 heterocycles. The van der Waals surface area contributed by atoms with Gasteiger partial charge in [0.25, 0.3) is 0 Å². The van der Waals surface area contributed by atoms with Gasteiger partial charge in [-0.1, -0.05) is 20.8 Å². The van der Waals surface area contributed by atoms with Gasteiger partial charge in [-0.15, -0.1) is 0 Å². The van der Waals surface area contributed by atoms with Crippen LogP contribution in [0.5, 0.6) is 5.88 Å². The van der Waals surface area contributed by atoms with Crippen molar-refractivity contribution in [3.8, 4) is 5.88 Å². The van der Waals surface area contributed by atoms with Gasteiger partial charge in [0.1, 0.15) is 5.82 Å². The lowest BCUT2D eigenvalue weighted by molar-refractivity contribution is 0.185. The molecule has 0 radical (unpaired) electrons. The van der Waals surface area contributed by atoms with Gasteiger partial charge in [-0.05, 0) is 72.7 Å². The van der Waals surface area contributed by atoms with Gasteiger partial charge in [0.05, 0.1) is 13.2 Å². The minimum Gasteiger partial charge on any atom is -0.480 e. The predicted molar refractivity (Wildman–Crippen MR) is 120 cm³/mol. The number of aromatic nitrogens is 1. The zero-order valence-electron chi connectivity index (χ0n) is 18.4. The standard InChI is InChI=1S/C22H35N3O2Si/c1-22(2,3)28(6,7)27-19-9-8-15-12-18-16(13-17(15)19)14-20(24-11-10-23-4)25-21(18)26-5/h12-14,19,23H,8-11H2,1-7H3,(H,24,25). The lowest BCUT2D eigenvalue weighted by Crippen LogP contribution is -2.41. The lowest BCUT2D eigenvalue weighted by atomic mass is 10.0. The number of hydrogen-bond acceptors (Lipinski definition) is 5. The third kappa shape index (κ3) is 4.19. The Morgan fingerprint density at radius 1 is 1.18 bits per heavy atom. The molecule has 3 rings (SSSR count). The van der Waals surface area contributed by atoms with Crippen LogP contribution in [-0.4, -0.2) is 40.5 Å². The van der Waals surface area contributed by atoms with E-state index in [1.165, 1.54) is 11.1 Å². The largest absolute Gasteiger partial charge is 0.480 e. The molecule has 28 heavy (non-hydrogen) atoms. The highest BCUT2D eigenvalue weighted by atomic mass is 28.4. The van der Waals surface area contributed by atoms with E-state index in [4.69, 9.17) is 9.16 Å². The topological polar surface area (TPSA) is 55.4 Å². The van der Waals surface area contributed by atoms with Crippen LogP contribution in [0.1, 0.15) is 44.4 Å². The Hall–Kier alpha value is -1.63. The number of nitrogens with one attached hydrogen (secondary N) is 2. The van der Waals surface area contributed by atoms with E-state index in [-0.39, 0.29) is 11.1 Å². The predicted octanol–water partition coefficient (Wildman–Crippen LogP) is 4.88. The third-order valence-electron chi connectivity index (χ3n) is 6.20. The van der Waals surface area contributed by atoms with E-state index in [0.717, 1.165) is 42.5 Å². The molecule has 6 heteroatoms. The molecule has 2 N–H and O–H groups in total. The molecule has 1 aromatic heterocycles. The van der Waals surface area contributed by atoms with Crippen molar-refractivity contribution in [3.05, 3.63) is 29.3 Å². The summed E-state index contributed by atoms with van der Waals surface area (Å²) in [4.78, 5) is 4.64. The van der Waals surface area contributed by atoms with Crippen molar-refractivity contribution in [1.82, 2.24) is 10.3 Å². The van der Waals surface area contributed by atoms with Crippen LogP contribution in [0.15, 0.2) is 18.2 Å². The number of ether oxygens (including phenoxy) is 1. The van der Waals surface area contributed by atoms with Crippen molar-refractivity contribution in [2.24, 2.45) is 0 Å². The highest BCUT2D eigenvalue weighted by molar-refractivity contribution is 6.74. The number of fused-ring (bicyclic) bond motifs is 2. The zero-order chi connectivity index (χ0) is 20.5. The minimum atomic E-state index is -1.81. The van der Waals surface area contributed by atoms with Crippen LogP contribution in [0.2, 0.25) is 18.1 Å². The fourth-order valence-corrected chi connectivity index (χ4v) is 4.82. The van der Waals surface area contributed by atoms with Crippen LogP contribution in [0, 0.1) is 0 Å². The maximum absolute atomic E-state index is 6.77. The monoisotopic (exact) mass is 401 g/mol. The minimum absolute atomic E-state index is 0.195. The van der Waals surface area contributed by atoms with Gasteiger partial charge < -0.3 is 19.8 Å². The summed E-state index contributed by atoms with van der Waals surface area (Å²) < 4.78 is 12.4. The van der Waals surface area contributed by atoms with E-state index < -0.39 is 8.32 Å². The first-order valence-corrected chi connectivity index (χ1v) is 13.1. The normalized spacial score (nSPS) is 17.0. The number of methoxy groups -OCH3 is 1. The van der Waals surface area contributed by atoms with E-state index in [1.54, 1.807) is 7.11 Å². The van der Waals surface area contributed by atoms with Crippen molar-refractivity contribution in [1.29, 1.82) is 0 Å². The summed E-state index contributed by atoms with van der Waals surface area (Å²) in [5, 5.41) is 8.96. The summed E-state index contributed by atoms with van der Waals surface area (Å²) in [6.45, 7) is 13.3. The molecule has 1 aliphatic rings. The van der Waals surface area contributed by atoms with Crippen molar-refractivity contribution in [3.63, 3.8) is 0 Å². The van der Waals surface area contributed by atoms with Crippen LogP contribution < -0.4 is 15.4 Å². The van der Waals surface area contributed by atoms with Gasteiger partial charge in [0.15, 0.2) is 8.32 Å². The fraction of sp³-hybridized carbons (Fsp3) is 0.591. The van der Waals surface area contributed by atoms with E-state index in [9.17, 15) is 0 Å². The lowest BCUT2D eigenvalue weighted by Gasteiger charge is -2.38. The Morgan fingerprint density at radius 3 is 2.57 bits per heavy atom. The van der Waals surface area contributed by atoms with E-state index in [0.29, 0.717) is 5.88 Å². The molecule has 1 unspecified atom stereocenters. The van der Waals surface area contributed by atoms with Crippen molar-refractivity contribution >= 4 is 24.9 Å². The van der Waals surface area contributed by atoms with Gasteiger partial charge >= 0.3 is 0 Å². The number of nitrogens with zero attached hydrogens (tertiary/aromatic N) is 1. The molecule has 1 aromatic carbocycles. The van der Waals surface area contributed by atoms with Crippen LogP contribution in [0.3, 0.4) is 0 Å². The number of likely N-dealkylation sites (N-methyl/N-ethyl adjacent to an activating group) is 1. The molecule has 0 bridgehead atoms.